The number of unbranched alkanes of at least 4 members (excludes halogenated alkanes) is 1. The van der Waals surface area contributed by atoms with Crippen molar-refractivity contribution in [1.82, 2.24) is 0 Å². The summed E-state index contributed by atoms with van der Waals surface area (Å²) in [7, 11) is 0. The highest BCUT2D eigenvalue weighted by atomic mass is 16.5. The fourth-order valence-corrected chi connectivity index (χ4v) is 1.85. The van der Waals surface area contributed by atoms with E-state index in [1.165, 1.54) is 6.07 Å². The lowest BCUT2D eigenvalue weighted by Crippen LogP contribution is -2.11. The maximum absolute atomic E-state index is 12.3. The van der Waals surface area contributed by atoms with E-state index < -0.39 is 17.5 Å². The van der Waals surface area contributed by atoms with Gasteiger partial charge in [0, 0.05) is 6.07 Å². The zero-order chi connectivity index (χ0) is 17.2. The summed E-state index contributed by atoms with van der Waals surface area (Å²) in [5.74, 6) is -1.40. The Kier molecular flexibility index (Phi) is 8.08. The number of rotatable bonds is 10. The van der Waals surface area contributed by atoms with E-state index in [0.29, 0.717) is 13.2 Å². The van der Waals surface area contributed by atoms with E-state index in [0.717, 1.165) is 25.7 Å². The van der Waals surface area contributed by atoms with Gasteiger partial charge in [-0.3, -0.25) is 0 Å². The molecule has 1 aromatic carbocycles. The third kappa shape index (κ3) is 5.23. The van der Waals surface area contributed by atoms with E-state index >= 15 is 0 Å². The van der Waals surface area contributed by atoms with Gasteiger partial charge in [-0.25, -0.2) is 4.79 Å². The summed E-state index contributed by atoms with van der Waals surface area (Å²) < 4.78 is 16.3. The molecule has 0 aliphatic carbocycles. The monoisotopic (exact) mass is 326 g/mol. The highest BCUT2D eigenvalue weighted by Gasteiger charge is 2.26. The second-order valence-corrected chi connectivity index (χ2v) is 5.13. The van der Waals surface area contributed by atoms with Gasteiger partial charge in [0.05, 0.1) is 19.8 Å². The topological polar surface area (TPSA) is 85.2 Å². The van der Waals surface area contributed by atoms with Gasteiger partial charge < -0.3 is 24.4 Å². The quantitative estimate of drug-likeness (QED) is 0.388. The molecule has 0 aliphatic rings. The third-order valence-electron chi connectivity index (χ3n) is 3.05. The zero-order valence-corrected chi connectivity index (χ0v) is 14.1. The minimum Gasteiger partial charge on any atom is -0.504 e. The number of esters is 1. The van der Waals surface area contributed by atoms with Gasteiger partial charge in [0.25, 0.3) is 0 Å². The minimum absolute atomic E-state index is 0.108. The van der Waals surface area contributed by atoms with Gasteiger partial charge >= 0.3 is 5.97 Å². The second-order valence-electron chi connectivity index (χ2n) is 5.13. The van der Waals surface area contributed by atoms with Crippen molar-refractivity contribution in [1.29, 1.82) is 0 Å². The van der Waals surface area contributed by atoms with E-state index in [1.807, 2.05) is 20.8 Å². The molecule has 0 radical (unpaired) electrons. The van der Waals surface area contributed by atoms with Crippen LogP contribution in [0, 0.1) is 0 Å². The minimum atomic E-state index is -0.737. The van der Waals surface area contributed by atoms with Crippen molar-refractivity contribution in [3.05, 3.63) is 11.6 Å². The Hall–Kier alpha value is -2.11. The molecule has 0 fully saturated rings. The van der Waals surface area contributed by atoms with E-state index in [1.54, 1.807) is 0 Å². The van der Waals surface area contributed by atoms with Crippen LogP contribution in [0.2, 0.25) is 0 Å². The molecule has 0 atom stereocenters. The second kappa shape index (κ2) is 9.82. The Morgan fingerprint density at radius 1 is 1.00 bits per heavy atom. The lowest BCUT2D eigenvalue weighted by Gasteiger charge is -2.17. The lowest BCUT2D eigenvalue weighted by atomic mass is 10.1. The number of phenolic OH excluding ortho intramolecular Hbond substituents is 2. The van der Waals surface area contributed by atoms with Crippen LogP contribution in [0.1, 0.15) is 56.8 Å². The predicted octanol–water partition coefficient (Wildman–Crippen LogP) is 3.63. The van der Waals surface area contributed by atoms with Crippen molar-refractivity contribution in [3.63, 3.8) is 0 Å². The summed E-state index contributed by atoms with van der Waals surface area (Å²) >= 11 is 0. The number of hydrogen-bond donors (Lipinski definition) is 2. The van der Waals surface area contributed by atoms with E-state index in [2.05, 4.69) is 0 Å². The van der Waals surface area contributed by atoms with E-state index in [4.69, 9.17) is 14.2 Å². The zero-order valence-electron chi connectivity index (χ0n) is 14.1. The van der Waals surface area contributed by atoms with Crippen LogP contribution in [0.25, 0.3) is 0 Å². The molecule has 0 amide bonds. The number of phenols is 2. The first kappa shape index (κ1) is 18.9. The van der Waals surface area contributed by atoms with Gasteiger partial charge in [-0.05, 0) is 19.3 Å². The maximum atomic E-state index is 12.3. The van der Waals surface area contributed by atoms with Crippen LogP contribution in [-0.4, -0.2) is 36.0 Å². The number of ether oxygens (including phenoxy) is 3. The molecule has 0 saturated heterocycles. The fourth-order valence-electron chi connectivity index (χ4n) is 1.85. The number of carbonyl (C=O) groups is 1. The Morgan fingerprint density at radius 3 is 2.26 bits per heavy atom. The molecule has 0 aliphatic heterocycles. The Bertz CT molecular complexity index is 512. The van der Waals surface area contributed by atoms with Crippen molar-refractivity contribution in [3.8, 4) is 23.0 Å². The average molecular weight is 326 g/mol. The van der Waals surface area contributed by atoms with Crippen LogP contribution in [0.15, 0.2) is 6.07 Å². The molecule has 0 spiro atoms. The Morgan fingerprint density at radius 2 is 1.65 bits per heavy atom. The Balaban J connectivity index is 3.20. The molecule has 130 valence electrons. The van der Waals surface area contributed by atoms with Gasteiger partial charge in [-0.15, -0.1) is 0 Å². The van der Waals surface area contributed by atoms with E-state index in [9.17, 15) is 15.0 Å². The molecule has 0 unspecified atom stereocenters. The summed E-state index contributed by atoms with van der Waals surface area (Å²) in [5.41, 5.74) is -0.194. The van der Waals surface area contributed by atoms with Gasteiger partial charge in [0.1, 0.15) is 0 Å². The van der Waals surface area contributed by atoms with Crippen LogP contribution in [0.5, 0.6) is 23.0 Å². The molecular formula is C17H26O6. The van der Waals surface area contributed by atoms with Crippen molar-refractivity contribution >= 4 is 5.97 Å². The average Bonchev–Trinajstić information content (AvgIpc) is 2.54. The highest BCUT2D eigenvalue weighted by molar-refractivity contribution is 5.97. The molecule has 0 aromatic heterocycles. The number of hydrogen-bond acceptors (Lipinski definition) is 6. The Labute approximate surface area is 137 Å². The summed E-state index contributed by atoms with van der Waals surface area (Å²) in [5, 5.41) is 19.9. The summed E-state index contributed by atoms with van der Waals surface area (Å²) in [4.78, 5) is 12.3. The molecular weight excluding hydrogens is 300 g/mol. The summed E-state index contributed by atoms with van der Waals surface area (Å²) in [6.45, 7) is 6.83. The molecule has 0 saturated carbocycles. The predicted molar refractivity (Wildman–Crippen MR) is 86.5 cm³/mol. The molecule has 6 heteroatoms. The van der Waals surface area contributed by atoms with E-state index in [-0.39, 0.29) is 23.7 Å². The highest BCUT2D eigenvalue weighted by Crippen LogP contribution is 2.44. The first-order valence-corrected chi connectivity index (χ1v) is 8.08. The number of carbonyl (C=O) groups excluding carboxylic acids is 1. The molecule has 0 bridgehead atoms. The van der Waals surface area contributed by atoms with Crippen LogP contribution >= 0.6 is 0 Å². The molecule has 1 aromatic rings. The first-order chi connectivity index (χ1) is 11.1. The van der Waals surface area contributed by atoms with Gasteiger partial charge in [0.15, 0.2) is 28.6 Å². The smallest absolute Gasteiger partial charge is 0.346 e. The largest absolute Gasteiger partial charge is 0.504 e. The van der Waals surface area contributed by atoms with Crippen LogP contribution in [0.3, 0.4) is 0 Å². The molecule has 2 N–H and O–H groups in total. The van der Waals surface area contributed by atoms with Crippen LogP contribution < -0.4 is 9.47 Å². The normalized spacial score (nSPS) is 10.4. The van der Waals surface area contributed by atoms with Crippen molar-refractivity contribution in [2.75, 3.05) is 19.8 Å². The first-order valence-electron chi connectivity index (χ1n) is 8.08. The molecule has 23 heavy (non-hydrogen) atoms. The van der Waals surface area contributed by atoms with Crippen LogP contribution in [-0.2, 0) is 4.74 Å². The van der Waals surface area contributed by atoms with Gasteiger partial charge in [-0.1, -0.05) is 27.2 Å². The van der Waals surface area contributed by atoms with Crippen LogP contribution in [0.4, 0.5) is 0 Å². The SMILES string of the molecule is CCCCOC(=O)c1c(O)c(O)cc(OCCC)c1OCCC. The molecule has 0 heterocycles. The lowest BCUT2D eigenvalue weighted by molar-refractivity contribution is 0.0489. The standard InChI is InChI=1S/C17H26O6/c1-4-7-10-23-17(20)14-15(19)12(18)11-13(21-8-5-2)16(14)22-9-6-3/h11,18-19H,4-10H2,1-3H3. The van der Waals surface area contributed by atoms with Crippen molar-refractivity contribution in [2.24, 2.45) is 0 Å². The fraction of sp³-hybridized carbons (Fsp3) is 0.588. The molecule has 1 rings (SSSR count). The molecule has 6 nitrogen and oxygen atoms in total. The van der Waals surface area contributed by atoms with Gasteiger partial charge in [0.2, 0.25) is 0 Å². The third-order valence-corrected chi connectivity index (χ3v) is 3.05. The summed E-state index contributed by atoms with van der Waals surface area (Å²) in [6.07, 6.45) is 3.07. The number of aromatic hydroxyl groups is 2. The van der Waals surface area contributed by atoms with Crippen molar-refractivity contribution < 1.29 is 29.2 Å². The van der Waals surface area contributed by atoms with Gasteiger partial charge in [-0.2, -0.15) is 0 Å². The van der Waals surface area contributed by atoms with Crippen molar-refractivity contribution in [2.45, 2.75) is 46.5 Å². The number of benzene rings is 1. The summed E-state index contributed by atoms with van der Waals surface area (Å²) in [6, 6.07) is 1.25. The maximum Gasteiger partial charge on any atom is 0.346 e.